The fourth-order valence-corrected chi connectivity index (χ4v) is 4.54. The van der Waals surface area contributed by atoms with Gasteiger partial charge in [0.05, 0.1) is 36.9 Å². The Labute approximate surface area is 190 Å². The summed E-state index contributed by atoms with van der Waals surface area (Å²) >= 11 is 1.45. The van der Waals surface area contributed by atoms with E-state index in [2.05, 4.69) is 9.88 Å². The summed E-state index contributed by atoms with van der Waals surface area (Å²) in [5.41, 5.74) is 1.79. The van der Waals surface area contributed by atoms with Crippen molar-refractivity contribution in [1.29, 1.82) is 0 Å². The topological polar surface area (TPSA) is 89.8 Å². The smallest absolute Gasteiger partial charge is 0.256 e. The largest absolute Gasteiger partial charge is 0.497 e. The Kier molecular flexibility index (Phi) is 6.83. The van der Waals surface area contributed by atoms with Crippen molar-refractivity contribution in [2.75, 3.05) is 51.4 Å². The Morgan fingerprint density at radius 3 is 2.81 bits per heavy atom. The summed E-state index contributed by atoms with van der Waals surface area (Å²) in [7, 11) is 1.61. The minimum atomic E-state index is -0.201. The van der Waals surface area contributed by atoms with Crippen molar-refractivity contribution in [3.8, 4) is 5.75 Å². The van der Waals surface area contributed by atoms with Crippen molar-refractivity contribution in [2.45, 2.75) is 20.4 Å². The molecule has 0 saturated carbocycles. The van der Waals surface area contributed by atoms with E-state index in [9.17, 15) is 9.59 Å². The maximum Gasteiger partial charge on any atom is 0.256 e. The summed E-state index contributed by atoms with van der Waals surface area (Å²) in [6.45, 7) is 7.65. The number of fused-ring (bicyclic) bond motifs is 1. The minimum Gasteiger partial charge on any atom is -0.497 e. The van der Waals surface area contributed by atoms with Crippen LogP contribution in [0, 0.1) is 13.8 Å². The average Bonchev–Trinajstić information content (AvgIpc) is 3.23. The lowest BCUT2D eigenvalue weighted by Crippen LogP contribution is -2.44. The first-order valence-electron chi connectivity index (χ1n) is 10.5. The first kappa shape index (κ1) is 22.4. The molecule has 9 nitrogen and oxygen atoms in total. The van der Waals surface area contributed by atoms with Crippen LogP contribution in [-0.2, 0) is 16.1 Å². The quantitative estimate of drug-likeness (QED) is 0.535. The van der Waals surface area contributed by atoms with E-state index in [1.165, 1.54) is 22.2 Å². The Morgan fingerprint density at radius 2 is 2.06 bits per heavy atom. The summed E-state index contributed by atoms with van der Waals surface area (Å²) in [5.74, 6) is 0.518. The highest BCUT2D eigenvalue weighted by molar-refractivity contribution is 7.22. The molecule has 0 aliphatic carbocycles. The van der Waals surface area contributed by atoms with Crippen LogP contribution >= 0.6 is 11.3 Å². The summed E-state index contributed by atoms with van der Waals surface area (Å²) in [5, 5.41) is 0.608. The van der Waals surface area contributed by atoms with Gasteiger partial charge in [-0.1, -0.05) is 11.3 Å². The molecule has 3 heterocycles. The average molecular weight is 458 g/mol. The van der Waals surface area contributed by atoms with E-state index in [1.54, 1.807) is 25.9 Å². The zero-order chi connectivity index (χ0) is 22.7. The molecule has 2 aromatic heterocycles. The van der Waals surface area contributed by atoms with E-state index in [4.69, 9.17) is 14.5 Å². The van der Waals surface area contributed by atoms with Gasteiger partial charge in [0.25, 0.3) is 5.56 Å². The van der Waals surface area contributed by atoms with Gasteiger partial charge in [-0.2, -0.15) is 0 Å². The van der Waals surface area contributed by atoms with E-state index < -0.39 is 0 Å². The molecule has 1 aromatic carbocycles. The van der Waals surface area contributed by atoms with Crippen LogP contribution in [0.1, 0.15) is 11.3 Å². The van der Waals surface area contributed by atoms with Crippen LogP contribution < -0.4 is 15.2 Å². The summed E-state index contributed by atoms with van der Waals surface area (Å²) in [6, 6.07) is 5.68. The van der Waals surface area contributed by atoms with Crippen molar-refractivity contribution in [2.24, 2.45) is 0 Å². The van der Waals surface area contributed by atoms with Crippen molar-refractivity contribution in [3.63, 3.8) is 0 Å². The van der Waals surface area contributed by atoms with Crippen molar-refractivity contribution in [3.05, 3.63) is 46.1 Å². The van der Waals surface area contributed by atoms with Crippen molar-refractivity contribution < 1.29 is 14.3 Å². The normalized spacial score (nSPS) is 14.6. The molecule has 170 valence electrons. The monoisotopic (exact) mass is 457 g/mol. The van der Waals surface area contributed by atoms with Crippen LogP contribution in [0.3, 0.4) is 0 Å². The number of carbonyl (C=O) groups excluding carboxylic acids is 1. The second-order valence-electron chi connectivity index (χ2n) is 7.72. The molecule has 0 bridgehead atoms. The number of methoxy groups -OCH3 is 1. The van der Waals surface area contributed by atoms with Gasteiger partial charge in [-0.3, -0.25) is 24.0 Å². The van der Waals surface area contributed by atoms with Crippen LogP contribution in [-0.4, -0.2) is 71.8 Å². The maximum atomic E-state index is 13.4. The molecular weight excluding hydrogens is 430 g/mol. The van der Waals surface area contributed by atoms with Gasteiger partial charge in [-0.05, 0) is 26.0 Å². The molecule has 0 unspecified atom stereocenters. The number of amides is 1. The number of rotatable bonds is 7. The number of benzene rings is 1. The Balaban J connectivity index is 1.61. The minimum absolute atomic E-state index is 0.0880. The molecule has 0 atom stereocenters. The van der Waals surface area contributed by atoms with Crippen LogP contribution in [0.4, 0.5) is 5.13 Å². The van der Waals surface area contributed by atoms with Crippen molar-refractivity contribution >= 4 is 32.6 Å². The van der Waals surface area contributed by atoms with E-state index in [1.807, 2.05) is 18.2 Å². The van der Waals surface area contributed by atoms with Gasteiger partial charge < -0.3 is 9.47 Å². The van der Waals surface area contributed by atoms with E-state index in [0.717, 1.165) is 23.3 Å². The molecule has 10 heteroatoms. The molecule has 1 saturated heterocycles. The van der Waals surface area contributed by atoms with E-state index >= 15 is 0 Å². The van der Waals surface area contributed by atoms with E-state index in [0.29, 0.717) is 48.4 Å². The predicted molar refractivity (Wildman–Crippen MR) is 124 cm³/mol. The molecule has 1 aliphatic heterocycles. The van der Waals surface area contributed by atoms with Gasteiger partial charge in [-0.15, -0.1) is 0 Å². The predicted octanol–water partition coefficient (Wildman–Crippen LogP) is 1.84. The number of aromatic nitrogens is 3. The van der Waals surface area contributed by atoms with Gasteiger partial charge >= 0.3 is 0 Å². The van der Waals surface area contributed by atoms with E-state index in [-0.39, 0.29) is 18.0 Å². The molecule has 1 aliphatic rings. The number of hydrogen-bond acceptors (Lipinski definition) is 8. The highest BCUT2D eigenvalue weighted by Crippen LogP contribution is 2.31. The second-order valence-corrected chi connectivity index (χ2v) is 8.73. The number of thiazole rings is 1. The van der Waals surface area contributed by atoms with Crippen molar-refractivity contribution in [1.82, 2.24) is 19.4 Å². The lowest BCUT2D eigenvalue weighted by Gasteiger charge is -2.29. The van der Waals surface area contributed by atoms with Crippen LogP contribution in [0.15, 0.2) is 29.3 Å². The number of ether oxygens (including phenoxy) is 2. The molecule has 1 fully saturated rings. The molecule has 1 amide bonds. The molecular formula is C22H27N5O4S. The lowest BCUT2D eigenvalue weighted by molar-refractivity contribution is -0.119. The highest BCUT2D eigenvalue weighted by Gasteiger charge is 2.23. The Bertz CT molecular complexity index is 1170. The number of anilines is 1. The van der Waals surface area contributed by atoms with Crippen LogP contribution in [0.2, 0.25) is 0 Å². The second kappa shape index (κ2) is 9.76. The SMILES string of the molecule is COc1ccc2sc(N(CCN3CCOCC3)C(=O)Cn3cnc(C)c(C)c3=O)nc2c1. The molecule has 4 rings (SSSR count). The first-order chi connectivity index (χ1) is 15.5. The molecule has 0 spiro atoms. The summed E-state index contributed by atoms with van der Waals surface area (Å²) < 4.78 is 13.1. The Morgan fingerprint density at radius 1 is 1.28 bits per heavy atom. The first-order valence-corrected chi connectivity index (χ1v) is 11.4. The lowest BCUT2D eigenvalue weighted by atomic mass is 10.3. The van der Waals surface area contributed by atoms with Gasteiger partial charge in [-0.25, -0.2) is 9.97 Å². The standard InChI is InChI=1S/C22H27N5O4S/c1-15-16(2)23-14-26(21(15)29)13-20(28)27(7-6-25-8-10-31-11-9-25)22-24-18-12-17(30-3)4-5-19(18)32-22/h4-5,12,14H,6-11,13H2,1-3H3. The maximum absolute atomic E-state index is 13.4. The number of nitrogens with zero attached hydrogens (tertiary/aromatic N) is 5. The molecule has 3 aromatic rings. The van der Waals surface area contributed by atoms with Crippen LogP contribution in [0.5, 0.6) is 5.75 Å². The third-order valence-electron chi connectivity index (χ3n) is 5.68. The third-order valence-corrected chi connectivity index (χ3v) is 6.74. The van der Waals surface area contributed by atoms with Gasteiger partial charge in [0.1, 0.15) is 12.3 Å². The number of hydrogen-bond donors (Lipinski definition) is 0. The summed E-state index contributed by atoms with van der Waals surface area (Å²) in [6.07, 6.45) is 1.44. The fourth-order valence-electron chi connectivity index (χ4n) is 3.55. The zero-order valence-electron chi connectivity index (χ0n) is 18.5. The summed E-state index contributed by atoms with van der Waals surface area (Å²) in [4.78, 5) is 38.9. The van der Waals surface area contributed by atoms with Gasteiger partial charge in [0.2, 0.25) is 5.91 Å². The van der Waals surface area contributed by atoms with Crippen LogP contribution in [0.25, 0.3) is 10.2 Å². The number of morpholine rings is 1. The highest BCUT2D eigenvalue weighted by atomic mass is 32.1. The number of carbonyl (C=O) groups is 1. The zero-order valence-corrected chi connectivity index (χ0v) is 19.4. The van der Waals surface area contributed by atoms with Gasteiger partial charge in [0.15, 0.2) is 5.13 Å². The molecule has 0 radical (unpaired) electrons. The third kappa shape index (κ3) is 4.82. The molecule has 0 N–H and O–H groups in total. The number of aryl methyl sites for hydroxylation is 1. The Hall–Kier alpha value is -2.82. The molecule has 32 heavy (non-hydrogen) atoms. The fraction of sp³-hybridized carbons (Fsp3) is 0.455. The van der Waals surface area contributed by atoms with Gasteiger partial charge in [0, 0.05) is 43.5 Å².